The first-order valence-electron chi connectivity index (χ1n) is 9.18. The van der Waals surface area contributed by atoms with E-state index in [2.05, 4.69) is 19.7 Å². The molecule has 0 amide bonds. The number of aliphatic hydroxyl groups excluding tert-OH is 3. The number of carbonyl (C=O) groups excluding carboxylic acids is 1. The van der Waals surface area contributed by atoms with Crippen molar-refractivity contribution < 1.29 is 24.9 Å². The lowest BCUT2D eigenvalue weighted by Crippen LogP contribution is -2.43. The average molecular weight is 418 g/mol. The van der Waals surface area contributed by atoms with E-state index >= 15 is 0 Å². The number of hydrogen-bond acceptors (Lipinski definition) is 9. The molecule has 0 aliphatic carbocycles. The van der Waals surface area contributed by atoms with Crippen molar-refractivity contribution in [3.63, 3.8) is 0 Å². The summed E-state index contributed by atoms with van der Waals surface area (Å²) in [4.78, 5) is 45.1. The molecule has 1 aromatic carbocycles. The van der Waals surface area contributed by atoms with Gasteiger partial charge in [-0.3, -0.25) is 14.6 Å². The molecule has 0 saturated heterocycles. The van der Waals surface area contributed by atoms with Gasteiger partial charge >= 0.3 is 11.7 Å². The van der Waals surface area contributed by atoms with E-state index in [-0.39, 0.29) is 18.1 Å². The molecule has 3 rings (SSSR count). The van der Waals surface area contributed by atoms with Gasteiger partial charge in [-0.2, -0.15) is 4.98 Å². The van der Waals surface area contributed by atoms with Gasteiger partial charge in [0.05, 0.1) is 17.6 Å². The number of benzene rings is 1. The van der Waals surface area contributed by atoms with Crippen LogP contribution in [0.1, 0.15) is 18.1 Å². The van der Waals surface area contributed by atoms with Gasteiger partial charge in [-0.15, -0.1) is 0 Å². The molecule has 11 nitrogen and oxygen atoms in total. The van der Waals surface area contributed by atoms with Crippen LogP contribution in [-0.2, 0) is 16.1 Å². The number of esters is 1. The number of carbonyl (C=O) groups is 1. The lowest BCUT2D eigenvalue weighted by molar-refractivity contribution is -0.149. The van der Waals surface area contributed by atoms with E-state index in [1.165, 1.54) is 4.57 Å². The number of aromatic nitrogens is 4. The van der Waals surface area contributed by atoms with Gasteiger partial charge < -0.3 is 24.6 Å². The summed E-state index contributed by atoms with van der Waals surface area (Å²) in [6.07, 6.45) is -4.75. The van der Waals surface area contributed by atoms with Crippen LogP contribution in [0.15, 0.2) is 21.7 Å². The third kappa shape index (κ3) is 4.22. The zero-order chi connectivity index (χ0) is 22.2. The molecule has 0 spiro atoms. The predicted octanol–water partition coefficient (Wildman–Crippen LogP) is -1.15. The SMILES string of the molecule is CC(=O)OC[C@@H](O)[C@@H](O)[C@@H](O)Cn1c2nc(=O)[nH]c(=O)c-2nc2cc(C)c(C)cc21. The Kier molecular flexibility index (Phi) is 5.97. The molecule has 1 aromatic rings. The Morgan fingerprint density at radius 1 is 1.13 bits per heavy atom. The normalized spacial score (nSPS) is 14.6. The Hall–Kier alpha value is -3.15. The largest absolute Gasteiger partial charge is 0.463 e. The number of aliphatic hydroxyl groups is 3. The van der Waals surface area contributed by atoms with Crippen molar-refractivity contribution in [1.82, 2.24) is 19.5 Å². The fourth-order valence-electron chi connectivity index (χ4n) is 3.09. The first-order valence-corrected chi connectivity index (χ1v) is 9.18. The van der Waals surface area contributed by atoms with Crippen LogP contribution in [-0.4, -0.2) is 65.7 Å². The minimum absolute atomic E-state index is 0.0692. The zero-order valence-electron chi connectivity index (χ0n) is 16.6. The summed E-state index contributed by atoms with van der Waals surface area (Å²) in [5.41, 5.74) is 1.01. The molecular weight excluding hydrogens is 396 g/mol. The molecule has 0 radical (unpaired) electrons. The lowest BCUT2D eigenvalue weighted by atomic mass is 10.1. The quantitative estimate of drug-likeness (QED) is 0.285. The summed E-state index contributed by atoms with van der Waals surface area (Å²) < 4.78 is 6.05. The van der Waals surface area contributed by atoms with Crippen LogP contribution in [0, 0.1) is 13.8 Å². The maximum absolute atomic E-state index is 12.3. The number of hydrogen-bond donors (Lipinski definition) is 4. The molecule has 2 aliphatic rings. The van der Waals surface area contributed by atoms with Crippen LogP contribution in [0.4, 0.5) is 0 Å². The second-order valence-electron chi connectivity index (χ2n) is 7.12. The monoisotopic (exact) mass is 418 g/mol. The van der Waals surface area contributed by atoms with Gasteiger partial charge in [0, 0.05) is 6.92 Å². The Morgan fingerprint density at radius 2 is 1.80 bits per heavy atom. The minimum Gasteiger partial charge on any atom is -0.463 e. The van der Waals surface area contributed by atoms with Crippen molar-refractivity contribution in [1.29, 1.82) is 0 Å². The molecule has 160 valence electrons. The standard InChI is InChI=1S/C19H22N4O7/c1-8-4-11-12(5-9(8)2)23(17-15(20-11)18(28)22-19(29)21-17)6-13(25)16(27)14(26)7-30-10(3)24/h4-5,13-14,16,25-27H,6-7H2,1-3H3,(H,22,28,29)/t13-,14+,16-/m0/s1. The van der Waals surface area contributed by atoms with E-state index in [9.17, 15) is 29.7 Å². The average Bonchev–Trinajstić information content (AvgIpc) is 2.67. The Balaban J connectivity index is 2.10. The zero-order valence-corrected chi connectivity index (χ0v) is 16.6. The fraction of sp³-hybridized carbons (Fsp3) is 0.421. The number of nitrogens with one attached hydrogen (secondary N) is 1. The Bertz CT molecular complexity index is 1190. The smallest absolute Gasteiger partial charge is 0.349 e. The number of aryl methyl sites for hydroxylation is 2. The molecule has 0 saturated carbocycles. The molecule has 2 aliphatic heterocycles. The van der Waals surface area contributed by atoms with Crippen LogP contribution in [0.2, 0.25) is 0 Å². The van der Waals surface area contributed by atoms with E-state index < -0.39 is 42.1 Å². The van der Waals surface area contributed by atoms with E-state index in [1.807, 2.05) is 13.8 Å². The van der Waals surface area contributed by atoms with E-state index in [1.54, 1.807) is 12.1 Å². The van der Waals surface area contributed by atoms with E-state index in [4.69, 9.17) is 0 Å². The minimum atomic E-state index is -1.67. The first-order chi connectivity index (χ1) is 14.1. The van der Waals surface area contributed by atoms with Gasteiger partial charge in [-0.1, -0.05) is 0 Å². The Labute approximate surface area is 170 Å². The second kappa shape index (κ2) is 8.30. The summed E-state index contributed by atoms with van der Waals surface area (Å²) in [5.74, 6) is -0.714. The molecule has 30 heavy (non-hydrogen) atoms. The van der Waals surface area contributed by atoms with Gasteiger partial charge in [0.25, 0.3) is 5.56 Å². The lowest BCUT2D eigenvalue weighted by Gasteiger charge is -2.25. The number of H-pyrrole nitrogens is 1. The Morgan fingerprint density at radius 3 is 2.47 bits per heavy atom. The van der Waals surface area contributed by atoms with Crippen molar-refractivity contribution in [2.75, 3.05) is 6.61 Å². The first kappa shape index (κ1) is 21.6. The fourth-order valence-corrected chi connectivity index (χ4v) is 3.09. The third-order valence-electron chi connectivity index (χ3n) is 4.84. The second-order valence-corrected chi connectivity index (χ2v) is 7.12. The number of rotatable bonds is 6. The molecule has 0 unspecified atom stereocenters. The van der Waals surface area contributed by atoms with Crippen molar-refractivity contribution in [2.45, 2.75) is 45.6 Å². The number of aromatic amines is 1. The highest BCUT2D eigenvalue weighted by Crippen LogP contribution is 2.24. The van der Waals surface area contributed by atoms with Crippen molar-refractivity contribution >= 4 is 17.0 Å². The number of fused-ring (bicyclic) bond motifs is 2. The van der Waals surface area contributed by atoms with Crippen LogP contribution in [0.25, 0.3) is 22.6 Å². The van der Waals surface area contributed by atoms with Crippen molar-refractivity contribution in [2.24, 2.45) is 0 Å². The highest BCUT2D eigenvalue weighted by atomic mass is 16.5. The van der Waals surface area contributed by atoms with E-state index in [0.29, 0.717) is 11.0 Å². The van der Waals surface area contributed by atoms with Crippen LogP contribution < -0.4 is 11.2 Å². The molecule has 11 heteroatoms. The topological polar surface area (TPSA) is 168 Å². The maximum Gasteiger partial charge on any atom is 0.349 e. The summed E-state index contributed by atoms with van der Waals surface area (Å²) in [7, 11) is 0. The molecule has 3 atom stereocenters. The highest BCUT2D eigenvalue weighted by molar-refractivity contribution is 5.81. The maximum atomic E-state index is 12.3. The van der Waals surface area contributed by atoms with Crippen molar-refractivity contribution in [3.8, 4) is 11.5 Å². The third-order valence-corrected chi connectivity index (χ3v) is 4.84. The summed E-state index contributed by atoms with van der Waals surface area (Å²) >= 11 is 0. The molecular formula is C19H22N4O7. The number of ether oxygens (including phenoxy) is 1. The van der Waals surface area contributed by atoms with Crippen molar-refractivity contribution in [3.05, 3.63) is 44.1 Å². The summed E-state index contributed by atoms with van der Waals surface area (Å²) in [5, 5.41) is 30.7. The predicted molar refractivity (Wildman–Crippen MR) is 105 cm³/mol. The van der Waals surface area contributed by atoms with Gasteiger partial charge in [0.2, 0.25) is 0 Å². The van der Waals surface area contributed by atoms with Gasteiger partial charge in [-0.05, 0) is 37.1 Å². The summed E-state index contributed by atoms with van der Waals surface area (Å²) in [6.45, 7) is 4.07. The molecule has 0 bridgehead atoms. The van der Waals surface area contributed by atoms with Gasteiger partial charge in [-0.25, -0.2) is 9.78 Å². The van der Waals surface area contributed by atoms with E-state index in [0.717, 1.165) is 18.1 Å². The van der Waals surface area contributed by atoms with Gasteiger partial charge in [0.15, 0.2) is 11.5 Å². The molecule has 2 heterocycles. The highest BCUT2D eigenvalue weighted by Gasteiger charge is 2.28. The number of nitrogens with zero attached hydrogens (tertiary/aromatic N) is 3. The molecule has 0 aromatic heterocycles. The molecule has 4 N–H and O–H groups in total. The van der Waals surface area contributed by atoms with Crippen LogP contribution in [0.3, 0.4) is 0 Å². The molecule has 0 fully saturated rings. The summed E-state index contributed by atoms with van der Waals surface area (Å²) in [6, 6.07) is 3.52. The van der Waals surface area contributed by atoms with Crippen LogP contribution in [0.5, 0.6) is 0 Å². The van der Waals surface area contributed by atoms with Gasteiger partial charge in [0.1, 0.15) is 24.9 Å². The van der Waals surface area contributed by atoms with Crippen LogP contribution >= 0.6 is 0 Å².